The van der Waals surface area contributed by atoms with Gasteiger partial charge in [-0.15, -0.1) is 0 Å². The van der Waals surface area contributed by atoms with Gasteiger partial charge in [0.15, 0.2) is 0 Å². The number of carbonyl (C=O) groups excluding carboxylic acids is 1. The highest BCUT2D eigenvalue weighted by Crippen LogP contribution is 1.93. The van der Waals surface area contributed by atoms with Crippen LogP contribution in [0.25, 0.3) is 0 Å². The summed E-state index contributed by atoms with van der Waals surface area (Å²) in [5.41, 5.74) is 0. The van der Waals surface area contributed by atoms with Crippen LogP contribution in [0.5, 0.6) is 0 Å². The van der Waals surface area contributed by atoms with Crippen LogP contribution in [0, 0.1) is 6.92 Å². The lowest BCUT2D eigenvalue weighted by molar-refractivity contribution is -0.154. The fraction of sp³-hybridized carbons (Fsp3) is 0.714. The van der Waals surface area contributed by atoms with Crippen LogP contribution in [-0.4, -0.2) is 19.4 Å². The predicted molar refractivity (Wildman–Crippen MR) is 37.2 cm³/mol. The fourth-order valence-corrected chi connectivity index (χ4v) is 0.460. The molecule has 0 saturated heterocycles. The zero-order valence-electron chi connectivity index (χ0n) is 6.21. The van der Waals surface area contributed by atoms with E-state index in [0.717, 1.165) is 12.8 Å². The second kappa shape index (κ2) is 6.55. The van der Waals surface area contributed by atoms with Crippen molar-refractivity contribution in [3.05, 3.63) is 6.92 Å². The van der Waals surface area contributed by atoms with Crippen LogP contribution in [0.15, 0.2) is 0 Å². The van der Waals surface area contributed by atoms with E-state index in [2.05, 4.69) is 18.6 Å². The molecular weight excluding hydrogens is 132 g/mol. The van der Waals surface area contributed by atoms with Crippen LogP contribution in [0.4, 0.5) is 0 Å². The van der Waals surface area contributed by atoms with E-state index in [4.69, 9.17) is 4.74 Å². The van der Waals surface area contributed by atoms with Crippen LogP contribution >= 0.6 is 0 Å². The van der Waals surface area contributed by atoms with E-state index in [1.54, 1.807) is 0 Å². The molecule has 0 amide bonds. The minimum absolute atomic E-state index is 0.337. The minimum atomic E-state index is -0.649. The normalized spacial score (nSPS) is 12.6. The highest BCUT2D eigenvalue weighted by molar-refractivity contribution is 5.37. The van der Waals surface area contributed by atoms with Crippen LogP contribution in [0.2, 0.25) is 0 Å². The maximum absolute atomic E-state index is 9.71. The number of rotatable bonds is 6. The van der Waals surface area contributed by atoms with Crippen molar-refractivity contribution < 1.29 is 14.3 Å². The number of carbonyl (C=O) groups is 1. The van der Waals surface area contributed by atoms with Crippen molar-refractivity contribution in [2.24, 2.45) is 0 Å². The Labute approximate surface area is 61.3 Å². The predicted octanol–water partition coefficient (Wildman–Crippen LogP) is 1.14. The Morgan fingerprint density at radius 1 is 1.70 bits per heavy atom. The molecule has 0 aliphatic carbocycles. The van der Waals surface area contributed by atoms with Gasteiger partial charge in [0.1, 0.15) is 0 Å². The first-order valence-electron chi connectivity index (χ1n) is 3.35. The van der Waals surface area contributed by atoms with Gasteiger partial charge in [0.2, 0.25) is 6.29 Å². The standard InChI is InChI=1S/C7H13O3/c1-3-4-5-9-7(2)10-6-8/h6-7H,2-5H2,1H3. The van der Waals surface area contributed by atoms with Gasteiger partial charge < -0.3 is 9.47 Å². The Morgan fingerprint density at radius 3 is 2.90 bits per heavy atom. The summed E-state index contributed by atoms with van der Waals surface area (Å²) in [5.74, 6) is 0. The summed E-state index contributed by atoms with van der Waals surface area (Å²) in [4.78, 5) is 9.71. The summed E-state index contributed by atoms with van der Waals surface area (Å²) in [5, 5.41) is 0. The largest absolute Gasteiger partial charge is 0.438 e. The van der Waals surface area contributed by atoms with E-state index in [9.17, 15) is 4.79 Å². The van der Waals surface area contributed by atoms with E-state index >= 15 is 0 Å². The molecule has 0 saturated carbocycles. The third-order valence-electron chi connectivity index (χ3n) is 1.01. The van der Waals surface area contributed by atoms with Crippen molar-refractivity contribution in [2.75, 3.05) is 6.61 Å². The van der Waals surface area contributed by atoms with Crippen LogP contribution in [0.1, 0.15) is 19.8 Å². The molecule has 0 N–H and O–H groups in total. The number of unbranched alkanes of at least 4 members (excludes halogenated alkanes) is 1. The van der Waals surface area contributed by atoms with E-state index in [1.807, 2.05) is 0 Å². The van der Waals surface area contributed by atoms with Crippen molar-refractivity contribution in [2.45, 2.75) is 26.1 Å². The molecule has 0 aromatic carbocycles. The van der Waals surface area contributed by atoms with Gasteiger partial charge in [-0.05, 0) is 6.42 Å². The third kappa shape index (κ3) is 5.56. The summed E-state index contributed by atoms with van der Waals surface area (Å²) >= 11 is 0. The van der Waals surface area contributed by atoms with E-state index in [1.165, 1.54) is 0 Å². The van der Waals surface area contributed by atoms with Gasteiger partial charge in [0.25, 0.3) is 6.47 Å². The summed E-state index contributed by atoms with van der Waals surface area (Å²) in [6.07, 6.45) is 1.38. The lowest BCUT2D eigenvalue weighted by Crippen LogP contribution is -2.12. The zero-order chi connectivity index (χ0) is 7.82. The Morgan fingerprint density at radius 2 is 2.40 bits per heavy atom. The van der Waals surface area contributed by atoms with Crippen LogP contribution < -0.4 is 0 Å². The number of hydrogen-bond acceptors (Lipinski definition) is 3. The highest BCUT2D eigenvalue weighted by atomic mass is 16.7. The summed E-state index contributed by atoms with van der Waals surface area (Å²) in [7, 11) is 0. The molecule has 0 fully saturated rings. The second-order valence-electron chi connectivity index (χ2n) is 1.89. The van der Waals surface area contributed by atoms with Gasteiger partial charge in [-0.25, -0.2) is 0 Å². The molecule has 0 rings (SSSR count). The van der Waals surface area contributed by atoms with Crippen LogP contribution in [0.3, 0.4) is 0 Å². The zero-order valence-corrected chi connectivity index (χ0v) is 6.21. The molecule has 0 aliphatic heterocycles. The molecule has 10 heavy (non-hydrogen) atoms. The SMILES string of the molecule is [CH2]C(OC=O)OCCCC. The average molecular weight is 145 g/mol. The number of hydrogen-bond donors (Lipinski definition) is 0. The van der Waals surface area contributed by atoms with Gasteiger partial charge in [0.05, 0.1) is 6.61 Å². The minimum Gasteiger partial charge on any atom is -0.438 e. The summed E-state index contributed by atoms with van der Waals surface area (Å²) in [6, 6.07) is 0. The van der Waals surface area contributed by atoms with Gasteiger partial charge in [-0.1, -0.05) is 13.3 Å². The van der Waals surface area contributed by atoms with Gasteiger partial charge in [-0.3, -0.25) is 4.79 Å². The molecule has 0 bridgehead atoms. The molecular formula is C7H13O3. The summed E-state index contributed by atoms with van der Waals surface area (Å²) in [6.45, 7) is 6.41. The second-order valence-corrected chi connectivity index (χ2v) is 1.89. The first-order chi connectivity index (χ1) is 4.81. The topological polar surface area (TPSA) is 35.5 Å². The number of ether oxygens (including phenoxy) is 2. The average Bonchev–Trinajstić information content (AvgIpc) is 1.89. The molecule has 0 spiro atoms. The molecule has 3 nitrogen and oxygen atoms in total. The summed E-state index contributed by atoms with van der Waals surface area (Å²) < 4.78 is 9.33. The van der Waals surface area contributed by atoms with Crippen molar-refractivity contribution in [3.63, 3.8) is 0 Å². The maximum atomic E-state index is 9.71. The molecule has 59 valence electrons. The molecule has 3 heteroatoms. The highest BCUT2D eigenvalue weighted by Gasteiger charge is 1.98. The van der Waals surface area contributed by atoms with Gasteiger partial charge in [0, 0.05) is 6.92 Å². The Bertz CT molecular complexity index is 82.9. The first kappa shape index (κ1) is 9.43. The van der Waals surface area contributed by atoms with E-state index in [0.29, 0.717) is 13.1 Å². The third-order valence-corrected chi connectivity index (χ3v) is 1.01. The monoisotopic (exact) mass is 145 g/mol. The fourth-order valence-electron chi connectivity index (χ4n) is 0.460. The molecule has 1 atom stereocenters. The van der Waals surface area contributed by atoms with Gasteiger partial charge >= 0.3 is 0 Å². The molecule has 0 aliphatic rings. The van der Waals surface area contributed by atoms with E-state index < -0.39 is 6.29 Å². The van der Waals surface area contributed by atoms with Crippen molar-refractivity contribution in [1.29, 1.82) is 0 Å². The first-order valence-corrected chi connectivity index (χ1v) is 3.35. The Kier molecular flexibility index (Phi) is 6.18. The lowest BCUT2D eigenvalue weighted by Gasteiger charge is -2.08. The molecule has 0 heterocycles. The molecule has 1 radical (unpaired) electrons. The van der Waals surface area contributed by atoms with Crippen molar-refractivity contribution >= 4 is 6.47 Å². The molecule has 1 unspecified atom stereocenters. The maximum Gasteiger partial charge on any atom is 0.295 e. The van der Waals surface area contributed by atoms with Gasteiger partial charge in [-0.2, -0.15) is 0 Å². The van der Waals surface area contributed by atoms with E-state index in [-0.39, 0.29) is 0 Å². The Hall–Kier alpha value is -0.570. The smallest absolute Gasteiger partial charge is 0.295 e. The quantitative estimate of drug-likeness (QED) is 0.319. The van der Waals surface area contributed by atoms with Crippen LogP contribution in [-0.2, 0) is 14.3 Å². The molecule has 0 aromatic rings. The van der Waals surface area contributed by atoms with Crippen molar-refractivity contribution in [3.8, 4) is 0 Å². The lowest BCUT2D eigenvalue weighted by atomic mass is 10.4. The van der Waals surface area contributed by atoms with Crippen molar-refractivity contribution in [1.82, 2.24) is 0 Å². The Balaban J connectivity index is 3.04. The molecule has 0 aromatic heterocycles.